The van der Waals surface area contributed by atoms with Gasteiger partial charge in [-0.15, -0.1) is 0 Å². The highest BCUT2D eigenvalue weighted by Crippen LogP contribution is 2.38. The highest BCUT2D eigenvalue weighted by atomic mass is 32.1. The molecule has 4 nitrogen and oxygen atoms in total. The van der Waals surface area contributed by atoms with Crippen molar-refractivity contribution < 1.29 is 4.52 Å². The normalized spacial score (nSPS) is 10.7. The molecule has 18 heavy (non-hydrogen) atoms. The molecule has 0 aliphatic carbocycles. The van der Waals surface area contributed by atoms with Crippen molar-refractivity contribution in [3.63, 3.8) is 0 Å². The summed E-state index contributed by atoms with van der Waals surface area (Å²) in [5, 5.41) is 7.99. The van der Waals surface area contributed by atoms with E-state index in [0.29, 0.717) is 5.82 Å². The van der Waals surface area contributed by atoms with Crippen LogP contribution in [0.25, 0.3) is 22.5 Å². The van der Waals surface area contributed by atoms with Gasteiger partial charge in [0, 0.05) is 23.3 Å². The van der Waals surface area contributed by atoms with Crippen molar-refractivity contribution in [2.75, 3.05) is 5.73 Å². The van der Waals surface area contributed by atoms with Crippen LogP contribution in [-0.4, -0.2) is 10.1 Å². The molecule has 0 radical (unpaired) electrons. The Morgan fingerprint density at radius 2 is 2.00 bits per heavy atom. The smallest absolute Gasteiger partial charge is 0.178 e. The summed E-state index contributed by atoms with van der Waals surface area (Å²) in [6.07, 6.45) is 3.46. The van der Waals surface area contributed by atoms with Crippen molar-refractivity contribution in [3.05, 3.63) is 40.8 Å². The minimum Gasteiger partial charge on any atom is -0.380 e. The van der Waals surface area contributed by atoms with Crippen molar-refractivity contribution >= 4 is 17.2 Å². The number of pyridine rings is 1. The van der Waals surface area contributed by atoms with Crippen LogP contribution in [-0.2, 0) is 0 Å². The lowest BCUT2D eigenvalue weighted by atomic mass is 10.0. The van der Waals surface area contributed by atoms with Crippen molar-refractivity contribution in [2.45, 2.75) is 6.92 Å². The van der Waals surface area contributed by atoms with Crippen LogP contribution in [0.2, 0.25) is 0 Å². The van der Waals surface area contributed by atoms with Gasteiger partial charge in [-0.1, -0.05) is 5.16 Å². The van der Waals surface area contributed by atoms with Gasteiger partial charge in [0.25, 0.3) is 0 Å². The number of nitrogen functional groups attached to an aromatic ring is 1. The van der Waals surface area contributed by atoms with E-state index < -0.39 is 0 Å². The molecule has 0 bridgehead atoms. The summed E-state index contributed by atoms with van der Waals surface area (Å²) >= 11 is 1.63. The van der Waals surface area contributed by atoms with Gasteiger partial charge in [-0.2, -0.15) is 11.3 Å². The Bertz CT molecular complexity index is 673. The van der Waals surface area contributed by atoms with E-state index in [-0.39, 0.29) is 0 Å². The SMILES string of the molecule is Cc1cscc1-c1onc(N)c1-c1ccncc1. The quantitative estimate of drug-likeness (QED) is 0.764. The van der Waals surface area contributed by atoms with Crippen LogP contribution < -0.4 is 5.73 Å². The average molecular weight is 257 g/mol. The third-order valence-corrected chi connectivity index (χ3v) is 3.65. The number of anilines is 1. The maximum Gasteiger partial charge on any atom is 0.178 e. The lowest BCUT2D eigenvalue weighted by molar-refractivity contribution is 0.436. The predicted molar refractivity (Wildman–Crippen MR) is 72.2 cm³/mol. The zero-order valence-corrected chi connectivity index (χ0v) is 10.6. The van der Waals surface area contributed by atoms with Crippen LogP contribution in [0.1, 0.15) is 5.56 Å². The van der Waals surface area contributed by atoms with Gasteiger partial charge in [0.15, 0.2) is 11.6 Å². The molecule has 3 rings (SSSR count). The van der Waals surface area contributed by atoms with Gasteiger partial charge in [-0.3, -0.25) is 4.98 Å². The number of nitrogens with zero attached hydrogens (tertiary/aromatic N) is 2. The first-order valence-electron chi connectivity index (χ1n) is 5.46. The zero-order valence-electron chi connectivity index (χ0n) is 9.75. The maximum absolute atomic E-state index is 5.91. The Labute approximate surface area is 108 Å². The molecule has 0 atom stereocenters. The summed E-state index contributed by atoms with van der Waals surface area (Å²) in [7, 11) is 0. The first kappa shape index (κ1) is 11.0. The summed E-state index contributed by atoms with van der Waals surface area (Å²) < 4.78 is 5.39. The van der Waals surface area contributed by atoms with E-state index >= 15 is 0 Å². The molecule has 3 heterocycles. The summed E-state index contributed by atoms with van der Waals surface area (Å²) in [4.78, 5) is 4.01. The molecule has 0 aliphatic rings. The van der Waals surface area contributed by atoms with Crippen molar-refractivity contribution in [3.8, 4) is 22.5 Å². The Kier molecular flexibility index (Phi) is 2.60. The number of rotatable bonds is 2. The van der Waals surface area contributed by atoms with Gasteiger partial charge in [0.05, 0.1) is 5.56 Å². The minimum absolute atomic E-state index is 0.404. The Balaban J connectivity index is 2.22. The Hall–Kier alpha value is -2.14. The van der Waals surface area contributed by atoms with Crippen LogP contribution in [0.5, 0.6) is 0 Å². The van der Waals surface area contributed by atoms with E-state index in [0.717, 1.165) is 28.0 Å². The third kappa shape index (κ3) is 1.69. The maximum atomic E-state index is 5.91. The predicted octanol–water partition coefficient (Wildman–Crippen LogP) is 3.36. The molecule has 3 aromatic heterocycles. The van der Waals surface area contributed by atoms with E-state index in [4.69, 9.17) is 10.3 Å². The molecule has 0 saturated heterocycles. The van der Waals surface area contributed by atoms with E-state index in [9.17, 15) is 0 Å². The van der Waals surface area contributed by atoms with E-state index in [1.165, 1.54) is 0 Å². The fourth-order valence-electron chi connectivity index (χ4n) is 1.88. The zero-order chi connectivity index (χ0) is 12.5. The molecule has 0 spiro atoms. The number of aromatic nitrogens is 2. The number of hydrogen-bond acceptors (Lipinski definition) is 5. The highest BCUT2D eigenvalue weighted by molar-refractivity contribution is 7.08. The molecule has 3 aromatic rings. The molecule has 0 aliphatic heterocycles. The molecule has 0 fully saturated rings. The van der Waals surface area contributed by atoms with Crippen LogP contribution in [0, 0.1) is 6.92 Å². The highest BCUT2D eigenvalue weighted by Gasteiger charge is 2.19. The molecule has 5 heteroatoms. The number of aryl methyl sites for hydroxylation is 1. The molecule has 0 amide bonds. The van der Waals surface area contributed by atoms with Crippen LogP contribution in [0.4, 0.5) is 5.82 Å². The number of nitrogens with two attached hydrogens (primary N) is 1. The monoisotopic (exact) mass is 257 g/mol. The summed E-state index contributed by atoms with van der Waals surface area (Å²) in [5.41, 5.74) is 9.90. The van der Waals surface area contributed by atoms with Crippen molar-refractivity contribution in [1.82, 2.24) is 10.1 Å². The third-order valence-electron chi connectivity index (χ3n) is 2.79. The van der Waals surface area contributed by atoms with E-state index in [1.807, 2.05) is 24.4 Å². The van der Waals surface area contributed by atoms with Gasteiger partial charge in [-0.25, -0.2) is 0 Å². The van der Waals surface area contributed by atoms with E-state index in [1.54, 1.807) is 23.7 Å². The summed E-state index contributed by atoms with van der Waals surface area (Å²) in [6.45, 7) is 2.04. The lowest BCUT2D eigenvalue weighted by Gasteiger charge is -2.01. The summed E-state index contributed by atoms with van der Waals surface area (Å²) in [6, 6.07) is 3.79. The first-order valence-corrected chi connectivity index (χ1v) is 6.40. The molecule has 2 N–H and O–H groups in total. The molecule has 90 valence electrons. The first-order chi connectivity index (χ1) is 8.77. The summed E-state index contributed by atoms with van der Waals surface area (Å²) in [5.74, 6) is 1.12. The van der Waals surface area contributed by atoms with Crippen LogP contribution in [0.15, 0.2) is 39.8 Å². The number of hydrogen-bond donors (Lipinski definition) is 1. The van der Waals surface area contributed by atoms with Crippen molar-refractivity contribution in [2.24, 2.45) is 0 Å². The minimum atomic E-state index is 0.404. The Morgan fingerprint density at radius 1 is 1.22 bits per heavy atom. The van der Waals surface area contributed by atoms with Crippen molar-refractivity contribution in [1.29, 1.82) is 0 Å². The number of thiophene rings is 1. The standard InChI is InChI=1S/C13H11N3OS/c1-8-6-18-7-10(8)12-11(13(14)16-17-12)9-2-4-15-5-3-9/h2-7H,1H3,(H2,14,16). The van der Waals surface area contributed by atoms with Gasteiger partial charge in [0.2, 0.25) is 0 Å². The molecule has 0 saturated carbocycles. The van der Waals surface area contributed by atoms with Gasteiger partial charge in [-0.05, 0) is 35.6 Å². The lowest BCUT2D eigenvalue weighted by Crippen LogP contribution is -1.89. The second kappa shape index (κ2) is 4.27. The fraction of sp³-hybridized carbons (Fsp3) is 0.0769. The average Bonchev–Trinajstić information content (AvgIpc) is 2.96. The molecule has 0 aromatic carbocycles. The van der Waals surface area contributed by atoms with Crippen LogP contribution in [0.3, 0.4) is 0 Å². The van der Waals surface area contributed by atoms with Gasteiger partial charge < -0.3 is 10.3 Å². The molecule has 0 unspecified atom stereocenters. The van der Waals surface area contributed by atoms with Crippen LogP contribution >= 0.6 is 11.3 Å². The van der Waals surface area contributed by atoms with E-state index in [2.05, 4.69) is 15.5 Å². The molecular weight excluding hydrogens is 246 g/mol. The second-order valence-electron chi connectivity index (χ2n) is 3.98. The van der Waals surface area contributed by atoms with Gasteiger partial charge in [0.1, 0.15) is 0 Å². The van der Waals surface area contributed by atoms with Gasteiger partial charge >= 0.3 is 0 Å². The molecular formula is C13H11N3OS. The largest absolute Gasteiger partial charge is 0.380 e. The fourth-order valence-corrected chi connectivity index (χ4v) is 2.71. The topological polar surface area (TPSA) is 64.9 Å². The second-order valence-corrected chi connectivity index (χ2v) is 4.72. The Morgan fingerprint density at radius 3 is 2.67 bits per heavy atom.